The van der Waals surface area contributed by atoms with Crippen molar-refractivity contribution >= 4 is 0 Å². The summed E-state index contributed by atoms with van der Waals surface area (Å²) in [6.45, 7) is 1.83. The number of benzene rings is 1. The number of nitrogens with zero attached hydrogens (tertiary/aromatic N) is 1. The largest absolute Gasteiger partial charge is 0.496 e. The summed E-state index contributed by atoms with van der Waals surface area (Å²) in [4.78, 5) is 2.07. The van der Waals surface area contributed by atoms with Crippen LogP contribution < -0.4 is 14.2 Å². The van der Waals surface area contributed by atoms with E-state index in [0.717, 1.165) is 17.1 Å². The Bertz CT molecular complexity index is 493. The van der Waals surface area contributed by atoms with Crippen molar-refractivity contribution in [1.29, 1.82) is 0 Å². The minimum Gasteiger partial charge on any atom is -0.496 e. The van der Waals surface area contributed by atoms with Crippen LogP contribution in [0.5, 0.6) is 17.2 Å². The molecule has 0 radical (unpaired) electrons. The summed E-state index contributed by atoms with van der Waals surface area (Å²) in [5.74, 6) is 2.20. The molecule has 0 spiro atoms. The molecule has 3 rings (SSSR count). The zero-order valence-electron chi connectivity index (χ0n) is 11.7. The van der Waals surface area contributed by atoms with Crippen LogP contribution in [0.4, 0.5) is 0 Å². The first-order valence-electron chi connectivity index (χ1n) is 6.61. The zero-order chi connectivity index (χ0) is 14.1. The molecule has 6 heteroatoms. The SMILES string of the molecule is COc1cc2c(cc1CN(C)[C@H]1COC[C@@H]1O)OCO2. The number of likely N-dealkylation sites (N-methyl/N-ethyl adjacent to an activating group) is 1. The van der Waals surface area contributed by atoms with E-state index in [2.05, 4.69) is 4.90 Å². The van der Waals surface area contributed by atoms with Crippen LogP contribution in [-0.2, 0) is 11.3 Å². The predicted octanol–water partition coefficient (Wildman–Crippen LogP) is 0.615. The molecule has 2 aliphatic heterocycles. The minimum absolute atomic E-state index is 0.00475. The van der Waals surface area contributed by atoms with Gasteiger partial charge in [0.15, 0.2) is 11.5 Å². The first kappa shape index (κ1) is 13.5. The molecular weight excluding hydrogens is 262 g/mol. The highest BCUT2D eigenvalue weighted by Gasteiger charge is 2.30. The van der Waals surface area contributed by atoms with Crippen LogP contribution in [0.1, 0.15) is 5.56 Å². The number of hydrogen-bond donors (Lipinski definition) is 1. The molecular formula is C14H19NO5. The molecule has 1 saturated heterocycles. The van der Waals surface area contributed by atoms with Crippen LogP contribution in [0, 0.1) is 0 Å². The van der Waals surface area contributed by atoms with Crippen molar-refractivity contribution in [3.05, 3.63) is 17.7 Å². The van der Waals surface area contributed by atoms with E-state index >= 15 is 0 Å². The minimum atomic E-state index is -0.444. The Labute approximate surface area is 117 Å². The van der Waals surface area contributed by atoms with Gasteiger partial charge < -0.3 is 24.1 Å². The highest BCUT2D eigenvalue weighted by molar-refractivity contribution is 5.51. The fourth-order valence-corrected chi connectivity index (χ4v) is 2.62. The summed E-state index contributed by atoms with van der Waals surface area (Å²) >= 11 is 0. The third-order valence-corrected chi connectivity index (χ3v) is 3.78. The topological polar surface area (TPSA) is 60.4 Å². The van der Waals surface area contributed by atoms with E-state index in [9.17, 15) is 5.11 Å². The van der Waals surface area contributed by atoms with Crippen molar-refractivity contribution in [2.45, 2.75) is 18.7 Å². The van der Waals surface area contributed by atoms with Gasteiger partial charge in [-0.25, -0.2) is 0 Å². The second-order valence-electron chi connectivity index (χ2n) is 5.10. The molecule has 1 N–H and O–H groups in total. The van der Waals surface area contributed by atoms with Crippen molar-refractivity contribution in [3.63, 3.8) is 0 Å². The van der Waals surface area contributed by atoms with Crippen molar-refractivity contribution in [2.24, 2.45) is 0 Å². The number of aliphatic hydroxyl groups is 1. The van der Waals surface area contributed by atoms with Gasteiger partial charge in [0, 0.05) is 18.2 Å². The normalized spacial score (nSPS) is 24.4. The second-order valence-corrected chi connectivity index (χ2v) is 5.10. The molecule has 0 aromatic heterocycles. The Hall–Kier alpha value is -1.50. The molecule has 2 aliphatic rings. The maximum Gasteiger partial charge on any atom is 0.231 e. The lowest BCUT2D eigenvalue weighted by molar-refractivity contribution is 0.0921. The molecule has 6 nitrogen and oxygen atoms in total. The molecule has 20 heavy (non-hydrogen) atoms. The van der Waals surface area contributed by atoms with E-state index in [1.54, 1.807) is 7.11 Å². The molecule has 2 heterocycles. The average molecular weight is 281 g/mol. The third-order valence-electron chi connectivity index (χ3n) is 3.78. The smallest absolute Gasteiger partial charge is 0.231 e. The first-order valence-corrected chi connectivity index (χ1v) is 6.61. The van der Waals surface area contributed by atoms with Crippen molar-refractivity contribution in [3.8, 4) is 17.2 Å². The van der Waals surface area contributed by atoms with Gasteiger partial charge in [-0.3, -0.25) is 4.90 Å². The van der Waals surface area contributed by atoms with E-state index < -0.39 is 6.10 Å². The van der Waals surface area contributed by atoms with Crippen molar-refractivity contribution < 1.29 is 24.1 Å². The molecule has 110 valence electrons. The maximum absolute atomic E-state index is 9.88. The summed E-state index contributed by atoms with van der Waals surface area (Å²) in [5, 5.41) is 9.88. The molecule has 2 atom stereocenters. The van der Waals surface area contributed by atoms with Crippen LogP contribution in [-0.4, -0.2) is 56.3 Å². The molecule has 0 saturated carbocycles. The summed E-state index contributed by atoms with van der Waals surface area (Å²) in [6.07, 6.45) is -0.444. The summed E-state index contributed by atoms with van der Waals surface area (Å²) in [6, 6.07) is 3.78. The molecule has 0 unspecified atom stereocenters. The molecule has 0 aliphatic carbocycles. The summed E-state index contributed by atoms with van der Waals surface area (Å²) in [7, 11) is 3.60. The standard InChI is InChI=1S/C14H19NO5/c1-15(10-6-18-7-11(10)16)5-9-3-13-14(20-8-19-13)4-12(9)17-2/h3-4,10-11,16H,5-8H2,1-2H3/t10-,11-/m0/s1. The van der Waals surface area contributed by atoms with Gasteiger partial charge in [-0.2, -0.15) is 0 Å². The molecule has 1 aromatic rings. The fraction of sp³-hybridized carbons (Fsp3) is 0.571. The van der Waals surface area contributed by atoms with Gasteiger partial charge in [-0.05, 0) is 13.1 Å². The monoisotopic (exact) mass is 281 g/mol. The van der Waals surface area contributed by atoms with Crippen LogP contribution >= 0.6 is 0 Å². The van der Waals surface area contributed by atoms with Gasteiger partial charge in [-0.15, -0.1) is 0 Å². The third kappa shape index (κ3) is 2.42. The highest BCUT2D eigenvalue weighted by Crippen LogP contribution is 2.38. The molecule has 0 bridgehead atoms. The Morgan fingerprint density at radius 3 is 2.70 bits per heavy atom. The van der Waals surface area contributed by atoms with E-state index in [1.165, 1.54) is 0 Å². The Balaban J connectivity index is 1.79. The molecule has 1 fully saturated rings. The number of rotatable bonds is 4. The van der Waals surface area contributed by atoms with Gasteiger partial charge in [0.1, 0.15) is 5.75 Å². The van der Waals surface area contributed by atoms with Gasteiger partial charge in [0.2, 0.25) is 6.79 Å². The number of fused-ring (bicyclic) bond motifs is 1. The summed E-state index contributed by atoms with van der Waals surface area (Å²) in [5.41, 5.74) is 0.998. The van der Waals surface area contributed by atoms with E-state index in [1.807, 2.05) is 19.2 Å². The lowest BCUT2D eigenvalue weighted by atomic mass is 10.1. The van der Waals surface area contributed by atoms with Crippen LogP contribution in [0.3, 0.4) is 0 Å². The van der Waals surface area contributed by atoms with E-state index in [-0.39, 0.29) is 12.8 Å². The van der Waals surface area contributed by atoms with Gasteiger partial charge in [-0.1, -0.05) is 0 Å². The van der Waals surface area contributed by atoms with Gasteiger partial charge in [0.05, 0.1) is 32.5 Å². The lowest BCUT2D eigenvalue weighted by Crippen LogP contribution is -2.39. The summed E-state index contributed by atoms with van der Waals surface area (Å²) < 4.78 is 21.4. The fourth-order valence-electron chi connectivity index (χ4n) is 2.62. The Morgan fingerprint density at radius 1 is 1.30 bits per heavy atom. The Morgan fingerprint density at radius 2 is 2.05 bits per heavy atom. The van der Waals surface area contributed by atoms with Crippen LogP contribution in [0.25, 0.3) is 0 Å². The highest BCUT2D eigenvalue weighted by atomic mass is 16.7. The average Bonchev–Trinajstić information content (AvgIpc) is 3.05. The maximum atomic E-state index is 9.88. The molecule has 0 amide bonds. The van der Waals surface area contributed by atoms with E-state index in [4.69, 9.17) is 18.9 Å². The van der Waals surface area contributed by atoms with E-state index in [0.29, 0.717) is 25.5 Å². The van der Waals surface area contributed by atoms with Crippen LogP contribution in [0.2, 0.25) is 0 Å². The van der Waals surface area contributed by atoms with Gasteiger partial charge in [0.25, 0.3) is 0 Å². The van der Waals surface area contributed by atoms with Crippen molar-refractivity contribution in [2.75, 3.05) is 34.2 Å². The van der Waals surface area contributed by atoms with Crippen molar-refractivity contribution in [1.82, 2.24) is 4.90 Å². The number of methoxy groups -OCH3 is 1. The quantitative estimate of drug-likeness (QED) is 0.873. The predicted molar refractivity (Wildman–Crippen MR) is 71.2 cm³/mol. The zero-order valence-corrected chi connectivity index (χ0v) is 11.7. The van der Waals surface area contributed by atoms with Gasteiger partial charge >= 0.3 is 0 Å². The molecule has 1 aromatic carbocycles. The first-order chi connectivity index (χ1) is 9.69. The number of aliphatic hydroxyl groups excluding tert-OH is 1. The Kier molecular flexibility index (Phi) is 3.69. The number of hydrogen-bond acceptors (Lipinski definition) is 6. The lowest BCUT2D eigenvalue weighted by Gasteiger charge is -2.26. The van der Waals surface area contributed by atoms with Crippen LogP contribution in [0.15, 0.2) is 12.1 Å². The second kappa shape index (κ2) is 5.47. The number of ether oxygens (including phenoxy) is 4.